The Bertz CT molecular complexity index is 140. The predicted octanol–water partition coefficient (Wildman–Crippen LogP) is 1.94. The number of aliphatic hydroxyl groups excluding tert-OH is 1. The van der Waals surface area contributed by atoms with Crippen molar-refractivity contribution in [1.29, 1.82) is 0 Å². The van der Waals surface area contributed by atoms with E-state index in [4.69, 9.17) is 10.8 Å². The van der Waals surface area contributed by atoms with Crippen molar-refractivity contribution >= 4 is 12.4 Å². The summed E-state index contributed by atoms with van der Waals surface area (Å²) >= 11 is 0. The van der Waals surface area contributed by atoms with Crippen molar-refractivity contribution in [3.63, 3.8) is 0 Å². The Morgan fingerprint density at radius 3 is 2.23 bits per heavy atom. The van der Waals surface area contributed by atoms with Crippen LogP contribution < -0.4 is 5.73 Å². The molecule has 13 heavy (non-hydrogen) atoms. The van der Waals surface area contributed by atoms with E-state index in [-0.39, 0.29) is 25.1 Å². The first kappa shape index (κ1) is 13.2. The molecule has 1 aliphatic rings. The van der Waals surface area contributed by atoms with E-state index in [0.717, 1.165) is 0 Å². The highest BCUT2D eigenvalue weighted by Gasteiger charge is 2.29. The fourth-order valence-corrected chi connectivity index (χ4v) is 2.00. The molecule has 0 radical (unpaired) electrons. The molecule has 1 rings (SSSR count). The highest BCUT2D eigenvalue weighted by molar-refractivity contribution is 5.85. The molecule has 0 aromatic carbocycles. The molecule has 3 N–H and O–H groups in total. The monoisotopic (exact) mass is 207 g/mol. The molecule has 1 atom stereocenters. The van der Waals surface area contributed by atoms with Gasteiger partial charge in [-0.2, -0.15) is 0 Å². The van der Waals surface area contributed by atoms with Crippen molar-refractivity contribution in [1.82, 2.24) is 0 Å². The van der Waals surface area contributed by atoms with Crippen molar-refractivity contribution in [2.75, 3.05) is 6.61 Å². The predicted molar refractivity (Wildman–Crippen MR) is 58.0 cm³/mol. The maximum Gasteiger partial charge on any atom is 0.0585 e. The van der Waals surface area contributed by atoms with E-state index in [0.29, 0.717) is 11.3 Å². The number of rotatable bonds is 2. The third kappa shape index (κ3) is 3.84. The first-order chi connectivity index (χ1) is 5.55. The highest BCUT2D eigenvalue weighted by atomic mass is 35.5. The molecule has 0 amide bonds. The normalized spacial score (nSPS) is 24.9. The van der Waals surface area contributed by atoms with Crippen LogP contribution in [-0.4, -0.2) is 17.8 Å². The van der Waals surface area contributed by atoms with Gasteiger partial charge in [-0.3, -0.25) is 0 Å². The standard InChI is InChI=1S/C10H21NO.ClH/c1-10(2)5-3-8(4-6-10)9(11)7-12;/h8-9,12H,3-7,11H2,1-2H3;1H. The van der Waals surface area contributed by atoms with E-state index in [1.807, 2.05) is 0 Å². The molecule has 0 aliphatic heterocycles. The Balaban J connectivity index is 0.00000144. The first-order valence-corrected chi connectivity index (χ1v) is 4.91. The zero-order valence-electron chi connectivity index (χ0n) is 8.62. The Hall–Kier alpha value is 0.210. The summed E-state index contributed by atoms with van der Waals surface area (Å²) in [4.78, 5) is 0. The zero-order chi connectivity index (χ0) is 9.19. The SMILES string of the molecule is CC1(C)CCC(C(N)CO)CC1.Cl. The van der Waals surface area contributed by atoms with Gasteiger partial charge in [0.2, 0.25) is 0 Å². The summed E-state index contributed by atoms with van der Waals surface area (Å²) in [5, 5.41) is 8.89. The molecule has 0 aromatic rings. The van der Waals surface area contributed by atoms with Crippen LogP contribution in [-0.2, 0) is 0 Å². The van der Waals surface area contributed by atoms with Crippen molar-refractivity contribution in [2.45, 2.75) is 45.6 Å². The molecule has 0 spiro atoms. The van der Waals surface area contributed by atoms with Crippen molar-refractivity contribution in [3.05, 3.63) is 0 Å². The number of nitrogens with two attached hydrogens (primary N) is 1. The Morgan fingerprint density at radius 1 is 1.38 bits per heavy atom. The minimum absolute atomic E-state index is 0. The summed E-state index contributed by atoms with van der Waals surface area (Å²) in [6.07, 6.45) is 4.89. The molecule has 2 nitrogen and oxygen atoms in total. The number of aliphatic hydroxyl groups is 1. The summed E-state index contributed by atoms with van der Waals surface area (Å²) in [7, 11) is 0. The highest BCUT2D eigenvalue weighted by Crippen LogP contribution is 2.38. The van der Waals surface area contributed by atoms with E-state index in [1.165, 1.54) is 25.7 Å². The van der Waals surface area contributed by atoms with Gasteiger partial charge >= 0.3 is 0 Å². The topological polar surface area (TPSA) is 46.2 Å². The molecule has 1 saturated carbocycles. The summed E-state index contributed by atoms with van der Waals surface area (Å²) < 4.78 is 0. The van der Waals surface area contributed by atoms with E-state index in [2.05, 4.69) is 13.8 Å². The van der Waals surface area contributed by atoms with Gasteiger partial charge in [-0.15, -0.1) is 12.4 Å². The second-order valence-corrected chi connectivity index (χ2v) is 4.85. The van der Waals surface area contributed by atoms with Gasteiger partial charge < -0.3 is 10.8 Å². The van der Waals surface area contributed by atoms with Crippen LogP contribution in [0.5, 0.6) is 0 Å². The van der Waals surface area contributed by atoms with Gasteiger partial charge in [0.05, 0.1) is 6.61 Å². The molecular formula is C10H22ClNO. The lowest BCUT2D eigenvalue weighted by atomic mass is 9.71. The first-order valence-electron chi connectivity index (χ1n) is 4.91. The van der Waals surface area contributed by atoms with E-state index >= 15 is 0 Å². The van der Waals surface area contributed by atoms with Crippen LogP contribution >= 0.6 is 12.4 Å². The lowest BCUT2D eigenvalue weighted by molar-refractivity contribution is 0.142. The van der Waals surface area contributed by atoms with Gasteiger partial charge in [0.25, 0.3) is 0 Å². The van der Waals surface area contributed by atoms with Gasteiger partial charge in [-0.05, 0) is 37.0 Å². The minimum atomic E-state index is 0. The second-order valence-electron chi connectivity index (χ2n) is 4.85. The summed E-state index contributed by atoms with van der Waals surface area (Å²) in [6.45, 7) is 4.77. The molecule has 80 valence electrons. The second kappa shape index (κ2) is 5.18. The van der Waals surface area contributed by atoms with Crippen LogP contribution in [0.4, 0.5) is 0 Å². The van der Waals surface area contributed by atoms with Crippen LogP contribution in [0.3, 0.4) is 0 Å². The van der Waals surface area contributed by atoms with Crippen molar-refractivity contribution in [3.8, 4) is 0 Å². The van der Waals surface area contributed by atoms with E-state index in [1.54, 1.807) is 0 Å². The van der Waals surface area contributed by atoms with Gasteiger partial charge in [0.15, 0.2) is 0 Å². The van der Waals surface area contributed by atoms with Gasteiger partial charge in [0, 0.05) is 6.04 Å². The van der Waals surface area contributed by atoms with Gasteiger partial charge in [-0.1, -0.05) is 13.8 Å². The van der Waals surface area contributed by atoms with E-state index in [9.17, 15) is 0 Å². The Morgan fingerprint density at radius 2 is 1.85 bits per heavy atom. The smallest absolute Gasteiger partial charge is 0.0585 e. The third-order valence-electron chi connectivity index (χ3n) is 3.20. The average Bonchev–Trinajstić information content (AvgIpc) is 2.03. The number of hydrogen-bond acceptors (Lipinski definition) is 2. The summed E-state index contributed by atoms with van der Waals surface area (Å²) in [5.74, 6) is 0.558. The molecule has 3 heteroatoms. The molecule has 0 heterocycles. The average molecular weight is 208 g/mol. The molecular weight excluding hydrogens is 186 g/mol. The fourth-order valence-electron chi connectivity index (χ4n) is 2.00. The van der Waals surface area contributed by atoms with Crippen LogP contribution in [0.1, 0.15) is 39.5 Å². The quantitative estimate of drug-likeness (QED) is 0.727. The summed E-state index contributed by atoms with van der Waals surface area (Å²) in [5.41, 5.74) is 6.29. The van der Waals surface area contributed by atoms with Gasteiger partial charge in [0.1, 0.15) is 0 Å². The molecule has 1 fully saturated rings. The number of hydrogen-bond donors (Lipinski definition) is 2. The molecule has 1 unspecified atom stereocenters. The lowest BCUT2D eigenvalue weighted by Gasteiger charge is -2.36. The molecule has 0 aromatic heterocycles. The molecule has 1 aliphatic carbocycles. The van der Waals surface area contributed by atoms with Gasteiger partial charge in [-0.25, -0.2) is 0 Å². The summed E-state index contributed by atoms with van der Waals surface area (Å²) in [6, 6.07) is 0.0149. The molecule has 0 bridgehead atoms. The van der Waals surface area contributed by atoms with Crippen LogP contribution in [0.2, 0.25) is 0 Å². The third-order valence-corrected chi connectivity index (χ3v) is 3.20. The molecule has 0 saturated heterocycles. The van der Waals surface area contributed by atoms with E-state index < -0.39 is 0 Å². The van der Waals surface area contributed by atoms with Crippen LogP contribution in [0.25, 0.3) is 0 Å². The maximum atomic E-state index is 8.89. The number of halogens is 1. The Kier molecular flexibility index (Phi) is 5.26. The van der Waals surface area contributed by atoms with Crippen LogP contribution in [0, 0.1) is 11.3 Å². The zero-order valence-corrected chi connectivity index (χ0v) is 9.44. The minimum Gasteiger partial charge on any atom is -0.395 e. The van der Waals surface area contributed by atoms with Crippen LogP contribution in [0.15, 0.2) is 0 Å². The fraction of sp³-hybridized carbons (Fsp3) is 1.00. The van der Waals surface area contributed by atoms with Crippen molar-refractivity contribution < 1.29 is 5.11 Å². The van der Waals surface area contributed by atoms with Crippen molar-refractivity contribution in [2.24, 2.45) is 17.1 Å². The lowest BCUT2D eigenvalue weighted by Crippen LogP contribution is -2.37. The Labute approximate surface area is 87.3 Å². The largest absolute Gasteiger partial charge is 0.395 e. The maximum absolute atomic E-state index is 8.89.